The molecule has 7 nitrogen and oxygen atoms in total. The number of nitrogens with zero attached hydrogens (tertiary/aromatic N) is 5. The summed E-state index contributed by atoms with van der Waals surface area (Å²) in [5, 5.41) is 8.04. The van der Waals surface area contributed by atoms with Crippen LogP contribution in [0.3, 0.4) is 0 Å². The van der Waals surface area contributed by atoms with Crippen LogP contribution in [0.1, 0.15) is 0 Å². The largest absolute Gasteiger partial charge is 0.342 e. The summed E-state index contributed by atoms with van der Waals surface area (Å²) in [6.07, 6.45) is 0.826. The fourth-order valence-electron chi connectivity index (χ4n) is 2.34. The summed E-state index contributed by atoms with van der Waals surface area (Å²) >= 11 is 0. The summed E-state index contributed by atoms with van der Waals surface area (Å²) in [5.41, 5.74) is 1.64. The molecule has 2 amide bonds. The molecule has 0 aliphatic carbocycles. The van der Waals surface area contributed by atoms with E-state index in [0.29, 0.717) is 26.2 Å². The molecule has 20 heavy (non-hydrogen) atoms. The zero-order valence-electron chi connectivity index (χ0n) is 11.0. The molecule has 7 heteroatoms. The first-order valence-corrected chi connectivity index (χ1v) is 6.53. The molecule has 1 fully saturated rings. The van der Waals surface area contributed by atoms with Gasteiger partial charge in [0.2, 0.25) is 12.3 Å². The van der Waals surface area contributed by atoms with Crippen molar-refractivity contribution in [3.05, 3.63) is 24.3 Å². The van der Waals surface area contributed by atoms with Gasteiger partial charge in [-0.05, 0) is 12.1 Å². The lowest BCUT2D eigenvalue weighted by Gasteiger charge is -2.32. The van der Waals surface area contributed by atoms with E-state index in [1.165, 1.54) is 0 Å². The average Bonchev–Trinajstić information content (AvgIpc) is 2.91. The normalized spacial score (nSPS) is 15.6. The molecule has 3 rings (SSSR count). The number of hydrogen-bond donors (Lipinski definition) is 0. The fourth-order valence-corrected chi connectivity index (χ4v) is 2.34. The summed E-state index contributed by atoms with van der Waals surface area (Å²) in [5.74, 6) is 0.00574. The summed E-state index contributed by atoms with van der Waals surface area (Å²) in [7, 11) is 0. The topological polar surface area (TPSA) is 71.3 Å². The molecule has 1 aromatic heterocycles. The molecule has 0 atom stereocenters. The van der Waals surface area contributed by atoms with Gasteiger partial charge in [0, 0.05) is 26.2 Å². The first-order chi connectivity index (χ1) is 9.78. The van der Waals surface area contributed by atoms with E-state index in [-0.39, 0.29) is 12.5 Å². The van der Waals surface area contributed by atoms with Crippen LogP contribution in [0, 0.1) is 0 Å². The van der Waals surface area contributed by atoms with E-state index in [1.54, 1.807) is 14.5 Å². The zero-order chi connectivity index (χ0) is 13.9. The van der Waals surface area contributed by atoms with Gasteiger partial charge in [-0.1, -0.05) is 17.3 Å². The lowest BCUT2D eigenvalue weighted by Crippen LogP contribution is -2.49. The maximum atomic E-state index is 12.2. The second kappa shape index (κ2) is 5.28. The van der Waals surface area contributed by atoms with E-state index in [1.807, 2.05) is 24.3 Å². The molecule has 104 valence electrons. The molecule has 0 bridgehead atoms. The molecule has 1 aliphatic heterocycles. The number of aromatic nitrogens is 3. The number of para-hydroxylation sites is 1. The van der Waals surface area contributed by atoms with Crippen LogP contribution in [0.25, 0.3) is 11.0 Å². The van der Waals surface area contributed by atoms with Crippen molar-refractivity contribution < 1.29 is 9.59 Å². The Morgan fingerprint density at radius 2 is 1.95 bits per heavy atom. The molecular formula is C13H15N5O2. The van der Waals surface area contributed by atoms with Gasteiger partial charge in [-0.25, -0.2) is 4.68 Å². The number of rotatable bonds is 3. The van der Waals surface area contributed by atoms with E-state index in [2.05, 4.69) is 10.3 Å². The summed E-state index contributed by atoms with van der Waals surface area (Å²) < 4.78 is 1.61. The van der Waals surface area contributed by atoms with Gasteiger partial charge in [0.25, 0.3) is 0 Å². The molecule has 2 heterocycles. The van der Waals surface area contributed by atoms with Crippen molar-refractivity contribution in [3.63, 3.8) is 0 Å². The SMILES string of the molecule is O=CN1CCN(C(=O)Cn2nnc3ccccc32)CC1. The zero-order valence-corrected chi connectivity index (χ0v) is 11.0. The van der Waals surface area contributed by atoms with Gasteiger partial charge in [-0.15, -0.1) is 5.10 Å². The van der Waals surface area contributed by atoms with Gasteiger partial charge in [0.1, 0.15) is 12.1 Å². The van der Waals surface area contributed by atoms with E-state index in [9.17, 15) is 9.59 Å². The first-order valence-electron chi connectivity index (χ1n) is 6.53. The van der Waals surface area contributed by atoms with Crippen LogP contribution in [0.15, 0.2) is 24.3 Å². The maximum Gasteiger partial charge on any atom is 0.244 e. The number of piperazine rings is 1. The van der Waals surface area contributed by atoms with Gasteiger partial charge >= 0.3 is 0 Å². The van der Waals surface area contributed by atoms with E-state index in [4.69, 9.17) is 0 Å². The van der Waals surface area contributed by atoms with Gasteiger partial charge in [-0.2, -0.15) is 0 Å². The molecule has 1 aliphatic rings. The lowest BCUT2D eigenvalue weighted by atomic mass is 10.3. The Balaban J connectivity index is 1.69. The Hall–Kier alpha value is -2.44. The molecular weight excluding hydrogens is 258 g/mol. The van der Waals surface area contributed by atoms with E-state index >= 15 is 0 Å². The van der Waals surface area contributed by atoms with Gasteiger partial charge in [-0.3, -0.25) is 9.59 Å². The Kier molecular flexibility index (Phi) is 3.32. The predicted octanol–water partition coefficient (Wildman–Crippen LogP) is -0.268. The second-order valence-electron chi connectivity index (χ2n) is 4.76. The molecule has 0 spiro atoms. The Bertz CT molecular complexity index is 630. The smallest absolute Gasteiger partial charge is 0.244 e. The van der Waals surface area contributed by atoms with Crippen molar-refractivity contribution in [3.8, 4) is 0 Å². The van der Waals surface area contributed by atoms with E-state index in [0.717, 1.165) is 17.4 Å². The number of amides is 2. The van der Waals surface area contributed by atoms with Gasteiger partial charge in [0.05, 0.1) is 5.52 Å². The fraction of sp³-hybridized carbons (Fsp3) is 0.385. The van der Waals surface area contributed by atoms with Gasteiger partial charge in [0.15, 0.2) is 0 Å². The van der Waals surface area contributed by atoms with Crippen molar-refractivity contribution in [2.45, 2.75) is 6.54 Å². The third-order valence-corrected chi connectivity index (χ3v) is 3.52. The molecule has 0 saturated carbocycles. The van der Waals surface area contributed by atoms with Crippen LogP contribution in [0.4, 0.5) is 0 Å². The second-order valence-corrected chi connectivity index (χ2v) is 4.76. The number of hydrogen-bond acceptors (Lipinski definition) is 4. The van der Waals surface area contributed by atoms with Crippen LogP contribution in [-0.4, -0.2) is 63.3 Å². The molecule has 0 unspecified atom stereocenters. The van der Waals surface area contributed by atoms with Crippen molar-refractivity contribution in [1.82, 2.24) is 24.8 Å². The quantitative estimate of drug-likeness (QED) is 0.722. The highest BCUT2D eigenvalue weighted by molar-refractivity contribution is 5.80. The third kappa shape index (κ3) is 2.34. The highest BCUT2D eigenvalue weighted by Gasteiger charge is 2.21. The lowest BCUT2D eigenvalue weighted by molar-refractivity contribution is -0.135. The number of fused-ring (bicyclic) bond motifs is 1. The van der Waals surface area contributed by atoms with Crippen LogP contribution in [0.2, 0.25) is 0 Å². The standard InChI is InChI=1S/C13H15N5O2/c19-10-16-5-7-17(8-6-16)13(20)9-18-12-4-2-1-3-11(12)14-15-18/h1-4,10H,5-9H2. The van der Waals surface area contributed by atoms with Gasteiger partial charge < -0.3 is 9.80 Å². The molecule has 2 aromatic rings. The minimum Gasteiger partial charge on any atom is -0.342 e. The van der Waals surface area contributed by atoms with Crippen LogP contribution < -0.4 is 0 Å². The third-order valence-electron chi connectivity index (χ3n) is 3.52. The van der Waals surface area contributed by atoms with Crippen LogP contribution in [0.5, 0.6) is 0 Å². The highest BCUT2D eigenvalue weighted by Crippen LogP contribution is 2.10. The summed E-state index contributed by atoms with van der Waals surface area (Å²) in [6, 6.07) is 7.55. The Morgan fingerprint density at radius 3 is 2.70 bits per heavy atom. The Morgan fingerprint density at radius 1 is 1.20 bits per heavy atom. The summed E-state index contributed by atoms with van der Waals surface area (Å²) in [6.45, 7) is 2.51. The summed E-state index contributed by atoms with van der Waals surface area (Å²) in [4.78, 5) is 26.3. The van der Waals surface area contributed by atoms with Crippen molar-refractivity contribution in [2.75, 3.05) is 26.2 Å². The Labute approximate surface area is 115 Å². The maximum absolute atomic E-state index is 12.2. The number of benzene rings is 1. The van der Waals surface area contributed by atoms with Crippen LogP contribution in [-0.2, 0) is 16.1 Å². The molecule has 0 radical (unpaired) electrons. The molecule has 1 saturated heterocycles. The van der Waals surface area contributed by atoms with Crippen molar-refractivity contribution in [2.24, 2.45) is 0 Å². The number of carbonyl (C=O) groups is 2. The highest BCUT2D eigenvalue weighted by atomic mass is 16.2. The molecule has 1 aromatic carbocycles. The minimum atomic E-state index is 0.00574. The van der Waals surface area contributed by atoms with Crippen LogP contribution >= 0.6 is 0 Å². The predicted molar refractivity (Wildman–Crippen MR) is 71.7 cm³/mol. The number of carbonyl (C=O) groups excluding carboxylic acids is 2. The first kappa shape index (κ1) is 12.6. The van der Waals surface area contributed by atoms with Crippen molar-refractivity contribution in [1.29, 1.82) is 0 Å². The van der Waals surface area contributed by atoms with E-state index < -0.39 is 0 Å². The average molecular weight is 273 g/mol. The van der Waals surface area contributed by atoms with Crippen molar-refractivity contribution >= 4 is 23.4 Å². The molecule has 0 N–H and O–H groups in total. The monoisotopic (exact) mass is 273 g/mol. The minimum absolute atomic E-state index is 0.00574.